The number of esters is 1. The van der Waals surface area contributed by atoms with Gasteiger partial charge in [-0.05, 0) is 24.4 Å². The molecule has 5 nitrogen and oxygen atoms in total. The van der Waals surface area contributed by atoms with Crippen LogP contribution in [0.3, 0.4) is 0 Å². The summed E-state index contributed by atoms with van der Waals surface area (Å²) in [5, 5.41) is 7.47. The van der Waals surface area contributed by atoms with Crippen molar-refractivity contribution in [3.05, 3.63) is 83.4 Å². The van der Waals surface area contributed by atoms with Gasteiger partial charge < -0.3 is 10.1 Å². The molecule has 0 radical (unpaired) electrons. The van der Waals surface area contributed by atoms with Crippen LogP contribution in [0.15, 0.2) is 72.1 Å². The smallest absolute Gasteiger partial charge is 0.312 e. The molecule has 1 N–H and O–H groups in total. The third-order valence-corrected chi connectivity index (χ3v) is 5.51. The van der Waals surface area contributed by atoms with Gasteiger partial charge in [0.15, 0.2) is 6.61 Å². The molecule has 30 heavy (non-hydrogen) atoms. The maximum atomic E-state index is 12.2. The Balaban J connectivity index is 1.32. The number of carbonyl (C=O) groups is 2. The van der Waals surface area contributed by atoms with Gasteiger partial charge in [-0.3, -0.25) is 9.59 Å². The zero-order valence-electron chi connectivity index (χ0n) is 16.4. The van der Waals surface area contributed by atoms with Crippen LogP contribution in [-0.4, -0.2) is 23.5 Å². The highest BCUT2D eigenvalue weighted by molar-refractivity contribution is 7.13. The monoisotopic (exact) mass is 416 g/mol. The molecule has 1 amide bonds. The first kappa shape index (κ1) is 19.8. The van der Waals surface area contributed by atoms with Gasteiger partial charge in [0.25, 0.3) is 5.91 Å². The lowest BCUT2D eigenvalue weighted by Crippen LogP contribution is -2.21. The first-order valence-electron chi connectivity index (χ1n) is 9.53. The molecule has 150 valence electrons. The molecule has 4 aromatic rings. The van der Waals surface area contributed by atoms with Crippen molar-refractivity contribution in [2.45, 2.75) is 13.3 Å². The molecule has 4 rings (SSSR count). The summed E-state index contributed by atoms with van der Waals surface area (Å²) in [6, 6.07) is 21.5. The summed E-state index contributed by atoms with van der Waals surface area (Å²) in [7, 11) is 0. The minimum absolute atomic E-state index is 0.0316. The summed E-state index contributed by atoms with van der Waals surface area (Å²) < 4.78 is 5.14. The Morgan fingerprint density at radius 2 is 1.83 bits per heavy atom. The van der Waals surface area contributed by atoms with Crippen LogP contribution in [0.4, 0.5) is 5.69 Å². The highest BCUT2D eigenvalue weighted by Crippen LogP contribution is 2.25. The van der Waals surface area contributed by atoms with Gasteiger partial charge in [-0.2, -0.15) is 0 Å². The average molecular weight is 417 g/mol. The number of amides is 1. The summed E-state index contributed by atoms with van der Waals surface area (Å²) in [6.07, 6.45) is 0.0316. The van der Waals surface area contributed by atoms with Crippen molar-refractivity contribution in [3.8, 4) is 10.6 Å². The number of rotatable bonds is 6. The zero-order valence-corrected chi connectivity index (χ0v) is 17.2. The molecule has 0 bridgehead atoms. The molecular formula is C24H20N2O3S. The van der Waals surface area contributed by atoms with Crippen molar-refractivity contribution in [1.29, 1.82) is 0 Å². The summed E-state index contributed by atoms with van der Waals surface area (Å²) in [6.45, 7) is 1.69. The van der Waals surface area contributed by atoms with Crippen LogP contribution >= 0.6 is 11.3 Å². The second kappa shape index (κ2) is 8.88. The largest absolute Gasteiger partial charge is 0.455 e. The molecule has 3 aromatic carbocycles. The molecule has 0 unspecified atom stereocenters. The molecule has 1 heterocycles. The van der Waals surface area contributed by atoms with Gasteiger partial charge in [-0.1, -0.05) is 60.2 Å². The average Bonchev–Trinajstić information content (AvgIpc) is 3.21. The first-order valence-corrected chi connectivity index (χ1v) is 10.4. The standard InChI is InChI=1S/C24H20N2O3S/c1-16-6-4-9-18(12-16)24-25-19(15-30-24)13-23(28)29-14-22(27)26-21-11-5-8-17-7-2-3-10-20(17)21/h2-12,15H,13-14H2,1H3,(H,26,27). The Morgan fingerprint density at radius 1 is 1.03 bits per heavy atom. The van der Waals surface area contributed by atoms with Crippen molar-refractivity contribution in [1.82, 2.24) is 4.98 Å². The lowest BCUT2D eigenvalue weighted by atomic mass is 10.1. The number of carbonyl (C=O) groups excluding carboxylic acids is 2. The third-order valence-electron chi connectivity index (χ3n) is 4.57. The summed E-state index contributed by atoms with van der Waals surface area (Å²) in [4.78, 5) is 28.9. The van der Waals surface area contributed by atoms with E-state index in [0.29, 0.717) is 11.4 Å². The highest BCUT2D eigenvalue weighted by Gasteiger charge is 2.13. The number of anilines is 1. The quantitative estimate of drug-likeness (QED) is 0.449. The zero-order chi connectivity index (χ0) is 20.9. The topological polar surface area (TPSA) is 68.3 Å². The van der Waals surface area contributed by atoms with Crippen molar-refractivity contribution >= 4 is 39.7 Å². The van der Waals surface area contributed by atoms with Crippen LogP contribution in [0, 0.1) is 6.92 Å². The Bertz CT molecular complexity index is 1210. The summed E-state index contributed by atoms with van der Waals surface area (Å²) in [5.74, 6) is -0.859. The number of nitrogens with zero attached hydrogens (tertiary/aromatic N) is 1. The summed E-state index contributed by atoms with van der Waals surface area (Å²) >= 11 is 1.48. The van der Waals surface area contributed by atoms with E-state index < -0.39 is 5.97 Å². The normalized spacial score (nSPS) is 10.7. The predicted molar refractivity (Wildman–Crippen MR) is 120 cm³/mol. The number of benzene rings is 3. The van der Waals surface area contributed by atoms with E-state index in [2.05, 4.69) is 16.4 Å². The van der Waals surface area contributed by atoms with Gasteiger partial charge in [0.2, 0.25) is 0 Å². The van der Waals surface area contributed by atoms with E-state index in [0.717, 1.165) is 26.9 Å². The number of fused-ring (bicyclic) bond motifs is 1. The fraction of sp³-hybridized carbons (Fsp3) is 0.125. The number of aryl methyl sites for hydroxylation is 1. The lowest BCUT2D eigenvalue weighted by molar-refractivity contribution is -0.146. The van der Waals surface area contributed by atoms with E-state index in [9.17, 15) is 9.59 Å². The fourth-order valence-electron chi connectivity index (χ4n) is 3.16. The van der Waals surface area contributed by atoms with Crippen LogP contribution < -0.4 is 5.32 Å². The summed E-state index contributed by atoms with van der Waals surface area (Å²) in [5.41, 5.74) is 3.50. The third kappa shape index (κ3) is 4.72. The van der Waals surface area contributed by atoms with E-state index in [4.69, 9.17) is 4.74 Å². The van der Waals surface area contributed by atoms with Crippen molar-refractivity contribution in [2.24, 2.45) is 0 Å². The van der Waals surface area contributed by atoms with Gasteiger partial charge in [0.05, 0.1) is 12.1 Å². The molecule has 0 saturated heterocycles. The first-order chi connectivity index (χ1) is 14.6. The molecule has 1 aromatic heterocycles. The van der Waals surface area contributed by atoms with Crippen molar-refractivity contribution < 1.29 is 14.3 Å². The SMILES string of the molecule is Cc1cccc(-c2nc(CC(=O)OCC(=O)Nc3cccc4ccccc34)cs2)c1. The van der Waals surface area contributed by atoms with Crippen molar-refractivity contribution in [2.75, 3.05) is 11.9 Å². The Kier molecular flexibility index (Phi) is 5.86. The number of aromatic nitrogens is 1. The van der Waals surface area contributed by atoms with Gasteiger partial charge in [-0.25, -0.2) is 4.98 Å². The van der Waals surface area contributed by atoms with Crippen LogP contribution in [0.2, 0.25) is 0 Å². The second-order valence-electron chi connectivity index (χ2n) is 6.93. The lowest BCUT2D eigenvalue weighted by Gasteiger charge is -2.09. The van der Waals surface area contributed by atoms with Crippen LogP contribution in [0.5, 0.6) is 0 Å². The minimum Gasteiger partial charge on any atom is -0.455 e. The van der Waals surface area contributed by atoms with Crippen LogP contribution in [0.1, 0.15) is 11.3 Å². The number of ether oxygens (including phenoxy) is 1. The second-order valence-corrected chi connectivity index (χ2v) is 7.78. The maximum Gasteiger partial charge on any atom is 0.312 e. The molecule has 0 fully saturated rings. The Labute approximate surface area is 178 Å². The molecule has 0 saturated carbocycles. The Hall–Kier alpha value is -3.51. The number of nitrogens with one attached hydrogen (secondary N) is 1. The van der Waals surface area contributed by atoms with E-state index in [1.807, 2.05) is 73.0 Å². The predicted octanol–water partition coefficient (Wildman–Crippen LogP) is 5.00. The van der Waals surface area contributed by atoms with E-state index >= 15 is 0 Å². The maximum absolute atomic E-state index is 12.2. The molecule has 0 aliphatic carbocycles. The molecule has 0 aliphatic rings. The van der Waals surface area contributed by atoms with Gasteiger partial charge in [-0.15, -0.1) is 11.3 Å². The van der Waals surface area contributed by atoms with E-state index in [1.54, 1.807) is 0 Å². The van der Waals surface area contributed by atoms with Gasteiger partial charge in [0.1, 0.15) is 5.01 Å². The molecule has 0 aliphatic heterocycles. The number of hydrogen-bond acceptors (Lipinski definition) is 5. The number of hydrogen-bond donors (Lipinski definition) is 1. The van der Waals surface area contributed by atoms with Crippen molar-refractivity contribution in [3.63, 3.8) is 0 Å². The molecule has 0 spiro atoms. The minimum atomic E-state index is -0.482. The molecule has 0 atom stereocenters. The molecular weight excluding hydrogens is 396 g/mol. The number of thiazole rings is 1. The van der Waals surface area contributed by atoms with Crippen LogP contribution in [-0.2, 0) is 20.7 Å². The van der Waals surface area contributed by atoms with Crippen LogP contribution in [0.25, 0.3) is 21.3 Å². The fourth-order valence-corrected chi connectivity index (χ4v) is 3.98. The van der Waals surface area contributed by atoms with Gasteiger partial charge >= 0.3 is 5.97 Å². The highest BCUT2D eigenvalue weighted by atomic mass is 32.1. The van der Waals surface area contributed by atoms with Gasteiger partial charge in [0, 0.05) is 22.0 Å². The van der Waals surface area contributed by atoms with E-state index in [1.165, 1.54) is 11.3 Å². The molecule has 6 heteroatoms. The Morgan fingerprint density at radius 3 is 2.70 bits per heavy atom. The van der Waals surface area contributed by atoms with E-state index in [-0.39, 0.29) is 18.9 Å².